The van der Waals surface area contributed by atoms with E-state index < -0.39 is 0 Å². The molecule has 0 bridgehead atoms. The predicted octanol–water partition coefficient (Wildman–Crippen LogP) is 3.23. The van der Waals surface area contributed by atoms with Crippen LogP contribution >= 0.6 is 0 Å². The van der Waals surface area contributed by atoms with E-state index in [0.717, 1.165) is 11.0 Å². The summed E-state index contributed by atoms with van der Waals surface area (Å²) >= 11 is 0. The number of nitrogens with zero attached hydrogens (tertiary/aromatic N) is 2. The predicted molar refractivity (Wildman–Crippen MR) is 67.3 cm³/mol. The summed E-state index contributed by atoms with van der Waals surface area (Å²) < 4.78 is 5.70. The second-order valence-corrected chi connectivity index (χ2v) is 3.82. The van der Waals surface area contributed by atoms with Crippen molar-refractivity contribution in [3.8, 4) is 17.6 Å². The Kier molecular flexibility index (Phi) is 2.43. The maximum absolute atomic E-state index is 8.82. The molecule has 0 saturated carbocycles. The molecule has 0 spiro atoms. The summed E-state index contributed by atoms with van der Waals surface area (Å²) in [5.74, 6) is 1.36. The number of imidazole rings is 1. The first kappa shape index (κ1) is 10.4. The number of aromatic nitrogens is 2. The van der Waals surface area contributed by atoms with Crippen molar-refractivity contribution in [2.45, 2.75) is 0 Å². The average molecular weight is 235 g/mol. The molecule has 1 N–H and O–H groups in total. The molecule has 4 nitrogen and oxygen atoms in total. The minimum absolute atomic E-state index is 0.579. The van der Waals surface area contributed by atoms with Crippen LogP contribution in [-0.4, -0.2) is 9.97 Å². The van der Waals surface area contributed by atoms with Gasteiger partial charge in [0.25, 0.3) is 0 Å². The van der Waals surface area contributed by atoms with E-state index in [1.807, 2.05) is 24.3 Å². The van der Waals surface area contributed by atoms with Gasteiger partial charge in [-0.15, -0.1) is 0 Å². The molecule has 4 heteroatoms. The number of H-pyrrole nitrogens is 1. The summed E-state index contributed by atoms with van der Waals surface area (Å²) in [4.78, 5) is 7.16. The van der Waals surface area contributed by atoms with Gasteiger partial charge in [-0.2, -0.15) is 5.26 Å². The number of nitrogens with one attached hydrogen (secondary N) is 1. The number of hydrogen-bond acceptors (Lipinski definition) is 3. The highest BCUT2D eigenvalue weighted by Gasteiger charge is 2.01. The molecule has 1 heterocycles. The van der Waals surface area contributed by atoms with Crippen molar-refractivity contribution < 1.29 is 4.74 Å². The average Bonchev–Trinajstić information content (AvgIpc) is 2.86. The summed E-state index contributed by atoms with van der Waals surface area (Å²) in [7, 11) is 0. The van der Waals surface area contributed by atoms with Crippen LogP contribution in [0.15, 0.2) is 48.8 Å². The number of benzene rings is 2. The summed E-state index contributed by atoms with van der Waals surface area (Å²) in [5.41, 5.74) is 2.40. The Morgan fingerprint density at radius 1 is 1.11 bits per heavy atom. The molecule has 1 aromatic heterocycles. The van der Waals surface area contributed by atoms with E-state index in [4.69, 9.17) is 10.00 Å². The highest BCUT2D eigenvalue weighted by atomic mass is 16.5. The number of rotatable bonds is 2. The van der Waals surface area contributed by atoms with Gasteiger partial charge in [0, 0.05) is 6.07 Å². The largest absolute Gasteiger partial charge is 0.457 e. The second kappa shape index (κ2) is 4.22. The lowest BCUT2D eigenvalue weighted by Gasteiger charge is -2.05. The summed E-state index contributed by atoms with van der Waals surface area (Å²) in [6.45, 7) is 0. The lowest BCUT2D eigenvalue weighted by atomic mass is 10.2. The number of fused-ring (bicyclic) bond motifs is 1. The van der Waals surface area contributed by atoms with E-state index in [0.29, 0.717) is 17.1 Å². The quantitative estimate of drug-likeness (QED) is 0.741. The Hall–Kier alpha value is -2.80. The highest BCUT2D eigenvalue weighted by Crippen LogP contribution is 2.24. The smallest absolute Gasteiger partial charge is 0.129 e. The fourth-order valence-corrected chi connectivity index (χ4v) is 1.74. The van der Waals surface area contributed by atoms with Gasteiger partial charge in [0.2, 0.25) is 0 Å². The molecule has 0 saturated heterocycles. The van der Waals surface area contributed by atoms with Gasteiger partial charge in [-0.05, 0) is 30.3 Å². The molecule has 0 radical (unpaired) electrons. The lowest BCUT2D eigenvalue weighted by Crippen LogP contribution is -1.85. The van der Waals surface area contributed by atoms with E-state index in [-0.39, 0.29) is 0 Å². The summed E-state index contributed by atoms with van der Waals surface area (Å²) in [5, 5.41) is 8.82. The Balaban J connectivity index is 1.93. The van der Waals surface area contributed by atoms with Crippen molar-refractivity contribution in [3.63, 3.8) is 0 Å². The second-order valence-electron chi connectivity index (χ2n) is 3.82. The summed E-state index contributed by atoms with van der Waals surface area (Å²) in [6, 6.07) is 14.8. The van der Waals surface area contributed by atoms with Crippen molar-refractivity contribution in [2.75, 3.05) is 0 Å². The maximum atomic E-state index is 8.82. The van der Waals surface area contributed by atoms with E-state index in [1.54, 1.807) is 24.5 Å². The topological polar surface area (TPSA) is 61.7 Å². The Bertz CT molecular complexity index is 740. The first-order valence-electron chi connectivity index (χ1n) is 5.46. The molecule has 0 fully saturated rings. The van der Waals surface area contributed by atoms with Crippen LogP contribution in [0.5, 0.6) is 11.5 Å². The van der Waals surface area contributed by atoms with Crippen molar-refractivity contribution in [1.29, 1.82) is 5.26 Å². The molecule has 0 aliphatic rings. The number of aromatic amines is 1. The van der Waals surface area contributed by atoms with Crippen LogP contribution < -0.4 is 4.74 Å². The van der Waals surface area contributed by atoms with Crippen molar-refractivity contribution in [3.05, 3.63) is 54.4 Å². The van der Waals surface area contributed by atoms with Gasteiger partial charge in [-0.25, -0.2) is 4.98 Å². The van der Waals surface area contributed by atoms with Gasteiger partial charge in [0.1, 0.15) is 11.5 Å². The Morgan fingerprint density at radius 3 is 2.89 bits per heavy atom. The number of hydrogen-bond donors (Lipinski definition) is 1. The first-order chi connectivity index (χ1) is 8.85. The molecular weight excluding hydrogens is 226 g/mol. The third kappa shape index (κ3) is 1.89. The fourth-order valence-electron chi connectivity index (χ4n) is 1.74. The first-order valence-corrected chi connectivity index (χ1v) is 5.46. The van der Waals surface area contributed by atoms with Gasteiger partial charge in [-0.3, -0.25) is 0 Å². The van der Waals surface area contributed by atoms with Gasteiger partial charge >= 0.3 is 0 Å². The lowest BCUT2D eigenvalue weighted by molar-refractivity contribution is 0.483. The Morgan fingerprint density at radius 2 is 2.00 bits per heavy atom. The van der Waals surface area contributed by atoms with Crippen LogP contribution in [0.2, 0.25) is 0 Å². The molecule has 3 rings (SSSR count). The molecule has 0 unspecified atom stereocenters. The third-order valence-corrected chi connectivity index (χ3v) is 2.59. The molecule has 0 aliphatic heterocycles. The van der Waals surface area contributed by atoms with E-state index in [2.05, 4.69) is 16.0 Å². The van der Waals surface area contributed by atoms with E-state index in [1.165, 1.54) is 0 Å². The zero-order valence-corrected chi connectivity index (χ0v) is 9.42. The van der Waals surface area contributed by atoms with Gasteiger partial charge in [0.15, 0.2) is 0 Å². The van der Waals surface area contributed by atoms with Gasteiger partial charge < -0.3 is 9.72 Å². The van der Waals surface area contributed by atoms with Crippen LogP contribution in [0.4, 0.5) is 0 Å². The minimum atomic E-state index is 0.579. The number of nitriles is 1. The van der Waals surface area contributed by atoms with Crippen LogP contribution in [0, 0.1) is 11.3 Å². The molecule has 3 aromatic rings. The molecule has 0 amide bonds. The molecule has 86 valence electrons. The fraction of sp³-hybridized carbons (Fsp3) is 0. The monoisotopic (exact) mass is 235 g/mol. The maximum Gasteiger partial charge on any atom is 0.129 e. The molecule has 0 atom stereocenters. The SMILES string of the molecule is N#Cc1cccc(Oc2ccc3nc[nH]c3c2)c1. The zero-order valence-electron chi connectivity index (χ0n) is 9.42. The third-order valence-electron chi connectivity index (χ3n) is 2.59. The molecule has 2 aromatic carbocycles. The number of ether oxygens (including phenoxy) is 1. The van der Waals surface area contributed by atoms with Crippen LogP contribution in [0.3, 0.4) is 0 Å². The standard InChI is InChI=1S/C14H9N3O/c15-8-10-2-1-3-11(6-10)18-12-4-5-13-14(7-12)17-9-16-13/h1-7,9H,(H,16,17). The molecular formula is C14H9N3O. The summed E-state index contributed by atoms with van der Waals surface area (Å²) in [6.07, 6.45) is 1.64. The van der Waals surface area contributed by atoms with Gasteiger partial charge in [0.05, 0.1) is 29.0 Å². The van der Waals surface area contributed by atoms with Crippen LogP contribution in [-0.2, 0) is 0 Å². The normalized spacial score (nSPS) is 10.2. The van der Waals surface area contributed by atoms with Crippen molar-refractivity contribution >= 4 is 11.0 Å². The van der Waals surface area contributed by atoms with Crippen LogP contribution in [0.25, 0.3) is 11.0 Å². The van der Waals surface area contributed by atoms with Crippen LogP contribution in [0.1, 0.15) is 5.56 Å². The molecule has 18 heavy (non-hydrogen) atoms. The minimum Gasteiger partial charge on any atom is -0.457 e. The molecule has 0 aliphatic carbocycles. The zero-order chi connectivity index (χ0) is 12.4. The Labute approximate surface area is 103 Å². The van der Waals surface area contributed by atoms with E-state index >= 15 is 0 Å². The highest BCUT2D eigenvalue weighted by molar-refractivity contribution is 5.76. The van der Waals surface area contributed by atoms with Gasteiger partial charge in [-0.1, -0.05) is 6.07 Å². The van der Waals surface area contributed by atoms with Crippen molar-refractivity contribution in [2.24, 2.45) is 0 Å². The van der Waals surface area contributed by atoms with E-state index in [9.17, 15) is 0 Å². The van der Waals surface area contributed by atoms with Crippen molar-refractivity contribution in [1.82, 2.24) is 9.97 Å².